The van der Waals surface area contributed by atoms with E-state index in [9.17, 15) is 4.79 Å². The molecule has 10 heteroatoms. The maximum Gasteiger partial charge on any atom is 0.317 e. The summed E-state index contributed by atoms with van der Waals surface area (Å²) in [7, 11) is 3.67. The van der Waals surface area contributed by atoms with Crippen LogP contribution in [-0.2, 0) is 7.05 Å². The van der Waals surface area contributed by atoms with Crippen molar-refractivity contribution in [2.45, 2.75) is 13.8 Å². The van der Waals surface area contributed by atoms with Crippen LogP contribution in [0, 0.1) is 5.92 Å². The molecule has 192 valence electrons. The van der Waals surface area contributed by atoms with Crippen LogP contribution >= 0.6 is 0 Å². The Morgan fingerprint density at radius 3 is 2.51 bits per heavy atom. The monoisotopic (exact) mass is 499 g/mol. The number of nitrogens with zero attached hydrogens (tertiary/aromatic N) is 8. The average molecular weight is 500 g/mol. The van der Waals surface area contributed by atoms with E-state index >= 15 is 0 Å². The van der Waals surface area contributed by atoms with Gasteiger partial charge in [0.2, 0.25) is 0 Å². The number of aromatic nitrogens is 5. The molecular formula is C27H33N9O. The summed E-state index contributed by atoms with van der Waals surface area (Å²) in [6, 6.07) is 6.33. The topological polar surface area (TPSA) is 96.0 Å². The van der Waals surface area contributed by atoms with Crippen molar-refractivity contribution in [1.29, 1.82) is 0 Å². The van der Waals surface area contributed by atoms with Gasteiger partial charge in [0.1, 0.15) is 5.82 Å². The largest absolute Gasteiger partial charge is 0.353 e. The molecule has 0 bridgehead atoms. The number of urea groups is 1. The van der Waals surface area contributed by atoms with Gasteiger partial charge >= 0.3 is 6.03 Å². The number of carbonyl (C=O) groups is 1. The Labute approximate surface area is 216 Å². The highest BCUT2D eigenvalue weighted by atomic mass is 16.2. The van der Waals surface area contributed by atoms with Gasteiger partial charge in [-0.15, -0.1) is 0 Å². The molecule has 1 aliphatic rings. The number of hydrogen-bond acceptors (Lipinski definition) is 6. The lowest BCUT2D eigenvalue weighted by atomic mass is 10.0. The fourth-order valence-electron chi connectivity index (χ4n) is 4.60. The number of anilines is 1. The first-order chi connectivity index (χ1) is 17.9. The predicted molar refractivity (Wildman–Crippen MR) is 146 cm³/mol. The van der Waals surface area contributed by atoms with E-state index in [1.54, 1.807) is 11.7 Å². The molecule has 0 aromatic carbocycles. The predicted octanol–water partition coefficient (Wildman–Crippen LogP) is 3.33. The zero-order valence-electron chi connectivity index (χ0n) is 21.8. The number of pyridine rings is 2. The van der Waals surface area contributed by atoms with Crippen LogP contribution in [0.1, 0.15) is 19.4 Å². The second-order valence-electron chi connectivity index (χ2n) is 9.78. The van der Waals surface area contributed by atoms with Gasteiger partial charge in [0.15, 0.2) is 0 Å². The third-order valence-corrected chi connectivity index (χ3v) is 6.56. The third kappa shape index (κ3) is 5.18. The van der Waals surface area contributed by atoms with E-state index in [0.29, 0.717) is 25.6 Å². The number of nitrogens with one attached hydrogen (secondary N) is 1. The Balaban J connectivity index is 1.39. The number of amides is 2. The molecule has 5 heterocycles. The molecule has 0 saturated carbocycles. The molecule has 5 rings (SSSR count). The second-order valence-corrected chi connectivity index (χ2v) is 9.78. The SMILES string of the molecule is C/N=C\c1cnn2cc(-c3cnn(C)c3)cc(-c3ccc(N4CCN(C(=O)NCC(C)C)CC4)nc3)c12. The number of fused-ring (bicyclic) bond motifs is 1. The van der Waals surface area contributed by atoms with E-state index in [-0.39, 0.29) is 6.03 Å². The molecule has 0 unspecified atom stereocenters. The Kier molecular flexibility index (Phi) is 6.89. The van der Waals surface area contributed by atoms with Crippen molar-refractivity contribution in [3.05, 3.63) is 54.7 Å². The number of carbonyl (C=O) groups excluding carboxylic acids is 1. The molecule has 37 heavy (non-hydrogen) atoms. The zero-order chi connectivity index (χ0) is 25.9. The Morgan fingerprint density at radius 1 is 1.05 bits per heavy atom. The second kappa shape index (κ2) is 10.4. The van der Waals surface area contributed by atoms with E-state index in [1.165, 1.54) is 0 Å². The van der Waals surface area contributed by atoms with E-state index in [2.05, 4.69) is 57.5 Å². The Morgan fingerprint density at radius 2 is 1.86 bits per heavy atom. The first-order valence-electron chi connectivity index (χ1n) is 12.6. The molecule has 4 aromatic rings. The summed E-state index contributed by atoms with van der Waals surface area (Å²) in [5.41, 5.74) is 6.00. The lowest BCUT2D eigenvalue weighted by Gasteiger charge is -2.35. The minimum atomic E-state index is 0.0152. The van der Waals surface area contributed by atoms with Gasteiger partial charge in [-0.05, 0) is 24.1 Å². The molecular weight excluding hydrogens is 466 g/mol. The summed E-state index contributed by atoms with van der Waals surface area (Å²) in [5, 5.41) is 11.9. The van der Waals surface area contributed by atoms with Crippen molar-refractivity contribution in [1.82, 2.24) is 34.6 Å². The van der Waals surface area contributed by atoms with Gasteiger partial charge in [-0.1, -0.05) is 13.8 Å². The Hall–Kier alpha value is -4.21. The maximum atomic E-state index is 12.4. The van der Waals surface area contributed by atoms with Gasteiger partial charge in [-0.3, -0.25) is 9.67 Å². The van der Waals surface area contributed by atoms with Crippen LogP contribution in [-0.4, -0.2) is 81.3 Å². The van der Waals surface area contributed by atoms with Crippen molar-refractivity contribution in [2.24, 2.45) is 18.0 Å². The summed E-state index contributed by atoms with van der Waals surface area (Å²) < 4.78 is 3.69. The standard InChI is InChI=1S/C27H33N9O/c1-19(2)12-30-27(37)35-9-7-34(8-10-35)25-6-5-20(14-29-25)24-11-21(23-16-31-33(4)17-23)18-36-26(24)22(13-28-3)15-32-36/h5-6,11,13-19H,7-10,12H2,1-4H3,(H,30,37)/b28-13-. The Bertz CT molecular complexity index is 1410. The normalized spacial score (nSPS) is 14.3. The number of aliphatic imine (C=N–C) groups is 1. The minimum Gasteiger partial charge on any atom is -0.353 e. The summed E-state index contributed by atoms with van der Waals surface area (Å²) in [4.78, 5) is 25.5. The van der Waals surface area contributed by atoms with Crippen molar-refractivity contribution < 1.29 is 4.79 Å². The molecule has 1 aliphatic heterocycles. The van der Waals surface area contributed by atoms with E-state index in [4.69, 9.17) is 4.98 Å². The number of hydrogen-bond donors (Lipinski definition) is 1. The van der Waals surface area contributed by atoms with Crippen LogP contribution in [0.2, 0.25) is 0 Å². The number of piperazine rings is 1. The highest BCUT2D eigenvalue weighted by molar-refractivity contribution is 5.97. The summed E-state index contributed by atoms with van der Waals surface area (Å²) in [6.45, 7) is 7.75. The number of aryl methyl sites for hydroxylation is 1. The quantitative estimate of drug-likeness (QED) is 0.411. The molecule has 0 spiro atoms. The van der Waals surface area contributed by atoms with Crippen LogP contribution in [0.15, 0.2) is 54.2 Å². The first kappa shape index (κ1) is 24.5. The van der Waals surface area contributed by atoms with Crippen molar-refractivity contribution in [3.63, 3.8) is 0 Å². The van der Waals surface area contributed by atoms with Gasteiger partial charge in [-0.25, -0.2) is 14.3 Å². The van der Waals surface area contributed by atoms with Gasteiger partial charge in [-0.2, -0.15) is 10.2 Å². The van der Waals surface area contributed by atoms with Crippen LogP contribution in [0.25, 0.3) is 27.8 Å². The maximum absolute atomic E-state index is 12.4. The zero-order valence-corrected chi connectivity index (χ0v) is 21.8. The van der Waals surface area contributed by atoms with Crippen molar-refractivity contribution >= 4 is 23.6 Å². The highest BCUT2D eigenvalue weighted by Gasteiger charge is 2.22. The molecule has 1 N–H and O–H groups in total. The lowest BCUT2D eigenvalue weighted by Crippen LogP contribution is -2.52. The van der Waals surface area contributed by atoms with E-state index in [1.807, 2.05) is 53.7 Å². The molecule has 4 aromatic heterocycles. The van der Waals surface area contributed by atoms with E-state index in [0.717, 1.165) is 52.2 Å². The molecule has 1 saturated heterocycles. The van der Waals surface area contributed by atoms with E-state index < -0.39 is 0 Å². The first-order valence-corrected chi connectivity index (χ1v) is 12.6. The molecule has 0 aliphatic carbocycles. The third-order valence-electron chi connectivity index (χ3n) is 6.56. The molecule has 2 amide bonds. The van der Waals surface area contributed by atoms with Gasteiger partial charge < -0.3 is 15.1 Å². The lowest BCUT2D eigenvalue weighted by molar-refractivity contribution is 0.193. The van der Waals surface area contributed by atoms with Crippen LogP contribution < -0.4 is 10.2 Å². The van der Waals surface area contributed by atoms with Crippen LogP contribution in [0.4, 0.5) is 10.6 Å². The fraction of sp³-hybridized carbons (Fsp3) is 0.370. The molecule has 0 atom stereocenters. The van der Waals surface area contributed by atoms with Crippen molar-refractivity contribution in [2.75, 3.05) is 44.7 Å². The fourth-order valence-corrected chi connectivity index (χ4v) is 4.60. The smallest absolute Gasteiger partial charge is 0.317 e. The average Bonchev–Trinajstić information content (AvgIpc) is 3.53. The number of rotatable bonds is 6. The van der Waals surface area contributed by atoms with Gasteiger partial charge in [0.05, 0.1) is 17.9 Å². The summed E-state index contributed by atoms with van der Waals surface area (Å²) in [5.74, 6) is 1.35. The van der Waals surface area contributed by atoms with Crippen LogP contribution in [0.5, 0.6) is 0 Å². The highest BCUT2D eigenvalue weighted by Crippen LogP contribution is 2.32. The van der Waals surface area contributed by atoms with Gasteiger partial charge in [0, 0.05) is 99.4 Å². The minimum absolute atomic E-state index is 0.0152. The summed E-state index contributed by atoms with van der Waals surface area (Å²) in [6.07, 6.45) is 11.4. The molecule has 10 nitrogen and oxygen atoms in total. The van der Waals surface area contributed by atoms with Crippen LogP contribution in [0.3, 0.4) is 0 Å². The summed E-state index contributed by atoms with van der Waals surface area (Å²) >= 11 is 0. The van der Waals surface area contributed by atoms with Gasteiger partial charge in [0.25, 0.3) is 0 Å². The molecule has 0 radical (unpaired) electrons. The molecule has 1 fully saturated rings. The van der Waals surface area contributed by atoms with Crippen molar-refractivity contribution in [3.8, 4) is 22.3 Å².